The molecule has 2 aliphatic rings. The average molecular weight is 170 g/mol. The van der Waals surface area contributed by atoms with E-state index in [1.54, 1.807) is 0 Å². The molecule has 2 fully saturated rings. The third-order valence-electron chi connectivity index (χ3n) is 3.40. The van der Waals surface area contributed by atoms with Crippen molar-refractivity contribution in [2.75, 3.05) is 0 Å². The molecule has 0 bridgehead atoms. The number of rotatable bonds is 1. The highest BCUT2D eigenvalue weighted by atomic mass is 17.2. The lowest BCUT2D eigenvalue weighted by atomic mass is 9.74. The Kier molecular flexibility index (Phi) is 1.35. The Hall–Kier alpha value is -0.570. The van der Waals surface area contributed by atoms with Crippen LogP contribution >= 0.6 is 0 Å². The SMILES string of the molecule is CC1(C)C(=O)OOC1(C)C1CC1. The van der Waals surface area contributed by atoms with E-state index in [4.69, 9.17) is 4.89 Å². The zero-order valence-electron chi connectivity index (χ0n) is 7.72. The summed E-state index contributed by atoms with van der Waals surface area (Å²) in [6, 6.07) is 0. The third kappa shape index (κ3) is 0.774. The molecule has 1 unspecified atom stereocenters. The molecule has 0 spiro atoms. The van der Waals surface area contributed by atoms with E-state index in [0.717, 1.165) is 12.8 Å². The predicted molar refractivity (Wildman–Crippen MR) is 42.1 cm³/mol. The molecule has 0 N–H and O–H groups in total. The first-order valence-corrected chi connectivity index (χ1v) is 4.38. The number of carbonyl (C=O) groups excluding carboxylic acids is 1. The molecule has 12 heavy (non-hydrogen) atoms. The highest BCUT2D eigenvalue weighted by Crippen LogP contribution is 2.54. The van der Waals surface area contributed by atoms with Gasteiger partial charge in [-0.25, -0.2) is 4.79 Å². The van der Waals surface area contributed by atoms with E-state index in [1.807, 2.05) is 20.8 Å². The summed E-state index contributed by atoms with van der Waals surface area (Å²) in [5.74, 6) is 0.260. The summed E-state index contributed by atoms with van der Waals surface area (Å²) < 4.78 is 0. The first-order valence-electron chi connectivity index (χ1n) is 4.38. The minimum absolute atomic E-state index is 0.239. The Labute approximate surface area is 72.0 Å². The molecule has 1 aliphatic carbocycles. The molecule has 0 radical (unpaired) electrons. The molecule has 1 aliphatic heterocycles. The van der Waals surface area contributed by atoms with Crippen LogP contribution in [-0.4, -0.2) is 11.6 Å². The molecule has 1 heterocycles. The molecule has 2 rings (SSSR count). The summed E-state index contributed by atoms with van der Waals surface area (Å²) >= 11 is 0. The quantitative estimate of drug-likeness (QED) is 0.561. The molecule has 3 heteroatoms. The van der Waals surface area contributed by atoms with Gasteiger partial charge in [0.1, 0.15) is 5.60 Å². The van der Waals surface area contributed by atoms with Crippen molar-refractivity contribution in [3.05, 3.63) is 0 Å². The summed E-state index contributed by atoms with van der Waals surface area (Å²) in [4.78, 5) is 21.1. The van der Waals surface area contributed by atoms with E-state index >= 15 is 0 Å². The highest BCUT2D eigenvalue weighted by molar-refractivity contribution is 5.78. The zero-order valence-corrected chi connectivity index (χ0v) is 7.72. The van der Waals surface area contributed by atoms with Crippen molar-refractivity contribution in [2.45, 2.75) is 39.2 Å². The van der Waals surface area contributed by atoms with Crippen molar-refractivity contribution in [1.29, 1.82) is 0 Å². The van der Waals surface area contributed by atoms with Gasteiger partial charge in [-0.3, -0.25) is 4.89 Å². The van der Waals surface area contributed by atoms with Gasteiger partial charge in [-0.1, -0.05) is 0 Å². The van der Waals surface area contributed by atoms with Crippen LogP contribution in [-0.2, 0) is 14.6 Å². The molecule has 1 saturated carbocycles. The molecule has 68 valence electrons. The van der Waals surface area contributed by atoms with Crippen LogP contribution < -0.4 is 0 Å². The van der Waals surface area contributed by atoms with Crippen molar-refractivity contribution < 1.29 is 14.6 Å². The average Bonchev–Trinajstić information content (AvgIpc) is 2.77. The molecular weight excluding hydrogens is 156 g/mol. The van der Waals surface area contributed by atoms with Crippen LogP contribution in [0.25, 0.3) is 0 Å². The van der Waals surface area contributed by atoms with Crippen molar-refractivity contribution in [2.24, 2.45) is 11.3 Å². The van der Waals surface area contributed by atoms with Crippen LogP contribution in [0.1, 0.15) is 33.6 Å². The fourth-order valence-corrected chi connectivity index (χ4v) is 1.75. The lowest BCUT2D eigenvalue weighted by molar-refractivity contribution is -0.299. The van der Waals surface area contributed by atoms with E-state index in [9.17, 15) is 4.79 Å². The van der Waals surface area contributed by atoms with E-state index in [0.29, 0.717) is 5.92 Å². The van der Waals surface area contributed by atoms with Crippen LogP contribution in [0.15, 0.2) is 0 Å². The lowest BCUT2D eigenvalue weighted by Gasteiger charge is -2.30. The van der Waals surface area contributed by atoms with Crippen molar-refractivity contribution in [3.8, 4) is 0 Å². The molecule has 0 aromatic rings. The van der Waals surface area contributed by atoms with Gasteiger partial charge in [-0.15, -0.1) is 0 Å². The number of hydrogen-bond acceptors (Lipinski definition) is 3. The van der Waals surface area contributed by atoms with Crippen LogP contribution in [0.5, 0.6) is 0 Å². The van der Waals surface area contributed by atoms with Gasteiger partial charge in [0.15, 0.2) is 0 Å². The molecule has 0 aromatic heterocycles. The van der Waals surface area contributed by atoms with Crippen LogP contribution in [0.3, 0.4) is 0 Å². The Morgan fingerprint density at radius 1 is 1.33 bits per heavy atom. The first-order chi connectivity index (χ1) is 5.48. The second kappa shape index (κ2) is 2.02. The maximum atomic E-state index is 11.3. The number of hydrogen-bond donors (Lipinski definition) is 0. The van der Waals surface area contributed by atoms with Crippen molar-refractivity contribution in [1.82, 2.24) is 0 Å². The summed E-state index contributed by atoms with van der Waals surface area (Å²) in [5.41, 5.74) is -0.891. The van der Waals surface area contributed by atoms with Gasteiger partial charge in [0.2, 0.25) is 0 Å². The van der Waals surface area contributed by atoms with Crippen LogP contribution in [0.4, 0.5) is 0 Å². The third-order valence-corrected chi connectivity index (χ3v) is 3.40. The van der Waals surface area contributed by atoms with Gasteiger partial charge in [0.05, 0.1) is 5.41 Å². The van der Waals surface area contributed by atoms with Crippen LogP contribution in [0.2, 0.25) is 0 Å². The Morgan fingerprint density at radius 3 is 2.25 bits per heavy atom. The molecule has 1 atom stereocenters. The monoisotopic (exact) mass is 170 g/mol. The van der Waals surface area contributed by atoms with E-state index in [-0.39, 0.29) is 5.97 Å². The second-order valence-electron chi connectivity index (χ2n) is 4.46. The van der Waals surface area contributed by atoms with Crippen molar-refractivity contribution in [3.63, 3.8) is 0 Å². The fourth-order valence-electron chi connectivity index (χ4n) is 1.75. The normalized spacial score (nSPS) is 39.8. The van der Waals surface area contributed by atoms with E-state index in [1.165, 1.54) is 0 Å². The van der Waals surface area contributed by atoms with Crippen LogP contribution in [0, 0.1) is 11.3 Å². The molecule has 3 nitrogen and oxygen atoms in total. The predicted octanol–water partition coefficient (Wildman–Crippen LogP) is 1.67. The summed E-state index contributed by atoms with van der Waals surface area (Å²) in [6.45, 7) is 5.75. The molecule has 0 amide bonds. The van der Waals surface area contributed by atoms with Crippen molar-refractivity contribution >= 4 is 5.97 Å². The first kappa shape index (κ1) is 8.05. The topological polar surface area (TPSA) is 35.5 Å². The minimum Gasteiger partial charge on any atom is -0.297 e. The molecular formula is C9H14O3. The Morgan fingerprint density at radius 2 is 1.92 bits per heavy atom. The molecule has 1 saturated heterocycles. The Balaban J connectivity index is 2.31. The smallest absolute Gasteiger partial charge is 0.297 e. The second-order valence-corrected chi connectivity index (χ2v) is 4.46. The maximum Gasteiger partial charge on any atom is 0.350 e. The molecule has 0 aromatic carbocycles. The van der Waals surface area contributed by atoms with Gasteiger partial charge in [-0.05, 0) is 39.5 Å². The van der Waals surface area contributed by atoms with E-state index < -0.39 is 11.0 Å². The minimum atomic E-state index is -0.492. The van der Waals surface area contributed by atoms with Gasteiger partial charge in [0, 0.05) is 0 Å². The van der Waals surface area contributed by atoms with Gasteiger partial charge < -0.3 is 0 Å². The highest BCUT2D eigenvalue weighted by Gasteiger charge is 2.63. The fraction of sp³-hybridized carbons (Fsp3) is 0.889. The lowest BCUT2D eigenvalue weighted by Crippen LogP contribution is -2.43. The summed E-state index contributed by atoms with van der Waals surface area (Å²) in [7, 11) is 0. The Bertz CT molecular complexity index is 230. The van der Waals surface area contributed by atoms with Gasteiger partial charge in [0.25, 0.3) is 0 Å². The number of carbonyl (C=O) groups is 1. The zero-order chi connectivity index (χ0) is 8.98. The largest absolute Gasteiger partial charge is 0.350 e. The maximum absolute atomic E-state index is 11.3. The van der Waals surface area contributed by atoms with Gasteiger partial charge >= 0.3 is 5.97 Å². The standard InChI is InChI=1S/C9H14O3/c1-8(2)7(10)11-12-9(8,3)6-4-5-6/h6H,4-5H2,1-3H3. The summed E-state index contributed by atoms with van der Waals surface area (Å²) in [6.07, 6.45) is 2.30. The van der Waals surface area contributed by atoms with Gasteiger partial charge in [-0.2, -0.15) is 4.89 Å². The van der Waals surface area contributed by atoms with E-state index in [2.05, 4.69) is 4.89 Å². The summed E-state index contributed by atoms with van der Waals surface area (Å²) in [5, 5.41) is 0.